The third-order valence-corrected chi connectivity index (χ3v) is 8.53. The van der Waals surface area contributed by atoms with Crippen molar-refractivity contribution in [2.24, 2.45) is 0 Å². The fourth-order valence-electron chi connectivity index (χ4n) is 6.28. The highest BCUT2D eigenvalue weighted by Gasteiger charge is 2.24. The summed E-state index contributed by atoms with van der Waals surface area (Å²) in [4.78, 5) is 24.5. The molecule has 3 aromatic heterocycles. The van der Waals surface area contributed by atoms with Crippen LogP contribution in [0.4, 0.5) is 23.0 Å². The average molecular weight is 594 g/mol. The van der Waals surface area contributed by atoms with Gasteiger partial charge in [-0.1, -0.05) is 0 Å². The molecule has 8 rings (SSSR count). The molecule has 0 unspecified atom stereocenters. The second-order valence-corrected chi connectivity index (χ2v) is 11.7. The minimum atomic E-state index is -2.27. The first kappa shape index (κ1) is 20.6. The predicted octanol–water partition coefficient (Wildman–Crippen LogP) is 4.60. The summed E-state index contributed by atoms with van der Waals surface area (Å²) in [5.41, 5.74) is 5.53. The van der Waals surface area contributed by atoms with Crippen molar-refractivity contribution in [3.8, 4) is 5.69 Å². The molecule has 1 aromatic carbocycles. The number of nitrogens with zero attached hydrogens (tertiary/aromatic N) is 11. The molecule has 0 saturated heterocycles. The largest absolute Gasteiger partial charge is 0.361 e. The van der Waals surface area contributed by atoms with Crippen LogP contribution in [0.3, 0.4) is 0 Å². The van der Waals surface area contributed by atoms with E-state index >= 15 is 0 Å². The van der Waals surface area contributed by atoms with Crippen LogP contribution in [0.2, 0.25) is 0 Å². The van der Waals surface area contributed by atoms with E-state index in [1.54, 1.807) is 18.6 Å². The third-order valence-electron chi connectivity index (χ3n) is 8.53. The second kappa shape index (κ2) is 9.87. The molecule has 44 heavy (non-hydrogen) atoms. The number of rotatable bonds is 5. The van der Waals surface area contributed by atoms with Crippen molar-refractivity contribution in [1.29, 1.82) is 0 Å². The highest BCUT2D eigenvalue weighted by atomic mass is 15.4. The van der Waals surface area contributed by atoms with Gasteiger partial charge in [-0.15, -0.1) is 0 Å². The Hall–Kier alpha value is -5.32. The standard InChI is InChI=1S/C33H37N11/c1-24-28(40-10-6-36(2)20-40)14-25(15-29(24)41-11-7-37(3)21-41)44-30-16-32(42-12-8-38(4)22-42)34-18-26(30)27-19-35-33(17-31(27)44)43-13-9-39(5)23-43/h6-19H,20-23H2,1-5H3/i2D3,4D3. The molecule has 0 N–H and O–H groups in total. The van der Waals surface area contributed by atoms with Crippen molar-refractivity contribution in [2.45, 2.75) is 6.92 Å². The molecule has 4 aliphatic heterocycles. The van der Waals surface area contributed by atoms with Crippen molar-refractivity contribution in [2.75, 3.05) is 74.3 Å². The minimum Gasteiger partial charge on any atom is -0.361 e. The lowest BCUT2D eigenvalue weighted by molar-refractivity contribution is 0.494. The predicted molar refractivity (Wildman–Crippen MR) is 178 cm³/mol. The van der Waals surface area contributed by atoms with E-state index in [1.165, 1.54) is 9.80 Å². The van der Waals surface area contributed by atoms with E-state index in [-0.39, 0.29) is 13.3 Å². The van der Waals surface area contributed by atoms with Crippen molar-refractivity contribution >= 4 is 44.8 Å². The number of benzene rings is 1. The molecule has 224 valence electrons. The van der Waals surface area contributed by atoms with E-state index in [4.69, 9.17) is 18.2 Å². The van der Waals surface area contributed by atoms with Crippen LogP contribution in [0.15, 0.2) is 86.3 Å². The van der Waals surface area contributed by atoms with E-state index in [0.717, 1.165) is 50.2 Å². The summed E-state index contributed by atoms with van der Waals surface area (Å²) in [5.74, 6) is 1.40. The third kappa shape index (κ3) is 4.26. The van der Waals surface area contributed by atoms with E-state index < -0.39 is 14.0 Å². The van der Waals surface area contributed by atoms with Gasteiger partial charge in [-0.25, -0.2) is 9.97 Å². The van der Waals surface area contributed by atoms with Crippen molar-refractivity contribution < 1.29 is 8.22 Å². The zero-order valence-electron chi connectivity index (χ0n) is 30.8. The van der Waals surface area contributed by atoms with Crippen LogP contribution < -0.4 is 19.6 Å². The van der Waals surface area contributed by atoms with Gasteiger partial charge < -0.3 is 43.8 Å². The molecule has 11 heteroatoms. The first-order valence-electron chi connectivity index (χ1n) is 17.4. The van der Waals surface area contributed by atoms with Crippen LogP contribution in [-0.2, 0) is 0 Å². The van der Waals surface area contributed by atoms with Gasteiger partial charge >= 0.3 is 0 Å². The Kier molecular flexibility index (Phi) is 4.61. The van der Waals surface area contributed by atoms with Crippen LogP contribution in [0.5, 0.6) is 0 Å². The van der Waals surface area contributed by atoms with Gasteiger partial charge in [0.1, 0.15) is 11.6 Å². The van der Waals surface area contributed by atoms with Crippen molar-refractivity contribution in [3.63, 3.8) is 0 Å². The molecule has 4 aliphatic rings. The van der Waals surface area contributed by atoms with E-state index in [0.29, 0.717) is 19.2 Å². The Morgan fingerprint density at radius 1 is 0.568 bits per heavy atom. The maximum Gasteiger partial charge on any atom is 0.136 e. The second-order valence-electron chi connectivity index (χ2n) is 11.7. The molecule has 0 atom stereocenters. The molecule has 4 aromatic rings. The lowest BCUT2D eigenvalue weighted by Crippen LogP contribution is -2.25. The Labute approximate surface area is 266 Å². The number of fused-ring (bicyclic) bond motifs is 3. The monoisotopic (exact) mass is 593 g/mol. The van der Waals surface area contributed by atoms with Gasteiger partial charge in [0.25, 0.3) is 0 Å². The highest BCUT2D eigenvalue weighted by Crippen LogP contribution is 2.40. The van der Waals surface area contributed by atoms with E-state index in [1.807, 2.05) is 73.4 Å². The minimum absolute atomic E-state index is 0.144. The van der Waals surface area contributed by atoms with Gasteiger partial charge in [0.15, 0.2) is 0 Å². The first-order chi connectivity index (χ1) is 23.7. The molecule has 0 saturated carbocycles. The van der Waals surface area contributed by atoms with E-state index in [9.17, 15) is 0 Å². The maximum atomic E-state index is 8.00. The zero-order chi connectivity index (χ0) is 35.1. The Balaban J connectivity index is 1.34. The molecule has 7 heterocycles. The summed E-state index contributed by atoms with van der Waals surface area (Å²) in [5, 5.41) is 1.81. The van der Waals surface area contributed by atoms with Crippen LogP contribution >= 0.6 is 0 Å². The quantitative estimate of drug-likeness (QED) is 0.328. The summed E-state index contributed by atoms with van der Waals surface area (Å²) in [6.45, 7) is -0.818. The van der Waals surface area contributed by atoms with Crippen LogP contribution in [-0.4, -0.2) is 88.9 Å². The zero-order valence-corrected chi connectivity index (χ0v) is 24.8. The Morgan fingerprint density at radius 2 is 1.00 bits per heavy atom. The molecular weight excluding hydrogens is 550 g/mol. The van der Waals surface area contributed by atoms with Gasteiger partial charge in [0.2, 0.25) is 0 Å². The fourth-order valence-corrected chi connectivity index (χ4v) is 6.28. The summed E-state index contributed by atoms with van der Waals surface area (Å²) in [6, 6.07) is 8.34. The van der Waals surface area contributed by atoms with Gasteiger partial charge in [-0.3, -0.25) is 0 Å². The molecule has 11 nitrogen and oxygen atoms in total. The number of hydrogen-bond acceptors (Lipinski definition) is 10. The molecule has 0 spiro atoms. The number of hydrogen-bond donors (Lipinski definition) is 0. The number of pyridine rings is 2. The number of anilines is 4. The lowest BCUT2D eigenvalue weighted by atomic mass is 10.1. The molecule has 0 amide bonds. The summed E-state index contributed by atoms with van der Waals surface area (Å²) in [7, 11) is 4.04. The van der Waals surface area contributed by atoms with Crippen molar-refractivity contribution in [3.05, 3.63) is 91.8 Å². The van der Waals surface area contributed by atoms with Crippen LogP contribution in [0.25, 0.3) is 27.5 Å². The summed E-state index contributed by atoms with van der Waals surface area (Å²) < 4.78 is 49.8. The first-order valence-corrected chi connectivity index (χ1v) is 14.4. The van der Waals surface area contributed by atoms with Crippen LogP contribution in [0, 0.1) is 6.92 Å². The van der Waals surface area contributed by atoms with Crippen LogP contribution in [0.1, 0.15) is 13.8 Å². The molecule has 0 fully saturated rings. The summed E-state index contributed by atoms with van der Waals surface area (Å²) in [6.07, 6.45) is 18.5. The number of aromatic nitrogens is 3. The van der Waals surface area contributed by atoms with Gasteiger partial charge in [-0.05, 0) is 24.6 Å². The van der Waals surface area contributed by atoms with Gasteiger partial charge in [-0.2, -0.15) is 0 Å². The molecule has 0 aliphatic carbocycles. The normalized spacial score (nSPS) is 20.5. The van der Waals surface area contributed by atoms with E-state index in [2.05, 4.69) is 49.3 Å². The average Bonchev–Trinajstić information content (AvgIpc) is 3.90. The highest BCUT2D eigenvalue weighted by molar-refractivity contribution is 6.10. The molecule has 0 bridgehead atoms. The SMILES string of the molecule is [2H]C([2H])([2H])N1C=CN(c2cc3c(cn2)c2cnc(N4C=CN(C)C4)cc2n3-c2cc(N3C=CN(C)C3)c(C)c(N3C=CN(C([2H])([2H])[2H])C3)c2)C1. The summed E-state index contributed by atoms with van der Waals surface area (Å²) >= 11 is 0. The molecular formula is C33H37N11. The topological polar surface area (TPSA) is 56.6 Å². The van der Waals surface area contributed by atoms with Gasteiger partial charge in [0, 0.05) is 133 Å². The Bertz CT molecular complexity index is 2120. The smallest absolute Gasteiger partial charge is 0.136 e. The lowest BCUT2D eigenvalue weighted by Gasteiger charge is -2.27. The van der Waals surface area contributed by atoms with Crippen molar-refractivity contribution in [1.82, 2.24) is 34.1 Å². The Morgan fingerprint density at radius 3 is 1.43 bits per heavy atom. The molecule has 0 radical (unpaired) electrons. The fraction of sp³-hybridized carbons (Fsp3) is 0.273. The maximum absolute atomic E-state index is 8.00. The van der Waals surface area contributed by atoms with Gasteiger partial charge in [0.05, 0.1) is 43.4 Å².